The molecule has 3 aliphatic heterocycles. The number of hydrogen-bond acceptors (Lipinski definition) is 6. The molecular weight excluding hydrogens is 366 g/mol. The van der Waals surface area contributed by atoms with Gasteiger partial charge in [-0.15, -0.1) is 0 Å². The van der Waals surface area contributed by atoms with Crippen molar-refractivity contribution in [2.45, 2.75) is 44.6 Å². The first-order chi connectivity index (χ1) is 13.5. The summed E-state index contributed by atoms with van der Waals surface area (Å²) in [6, 6.07) is 4.45. The third-order valence-corrected chi connectivity index (χ3v) is 5.09. The zero-order valence-corrected chi connectivity index (χ0v) is 15.1. The average molecular weight is 387 g/mol. The minimum absolute atomic E-state index is 0.219. The van der Waals surface area contributed by atoms with Crippen LogP contribution in [0.25, 0.3) is 0 Å². The van der Waals surface area contributed by atoms with E-state index in [1.165, 1.54) is 4.90 Å². The molecule has 28 heavy (non-hydrogen) atoms. The molecule has 148 valence electrons. The molecule has 0 spiro atoms. The molecule has 1 aromatic carbocycles. The maximum absolute atomic E-state index is 12.8. The Balaban J connectivity index is 1.38. The molecule has 0 bridgehead atoms. The van der Waals surface area contributed by atoms with Gasteiger partial charge in [0.25, 0.3) is 5.91 Å². The Bertz CT molecular complexity index is 836. The number of urea groups is 1. The second kappa shape index (κ2) is 7.56. The maximum Gasteiger partial charge on any atom is 0.316 e. The van der Waals surface area contributed by atoms with Gasteiger partial charge in [0.15, 0.2) is 0 Å². The number of carbonyl (C=O) groups excluding carboxylic acids is 4. The fraction of sp³-hybridized carbons (Fsp3) is 0.444. The van der Waals surface area contributed by atoms with Gasteiger partial charge in [-0.2, -0.15) is 5.48 Å². The number of benzene rings is 1. The van der Waals surface area contributed by atoms with E-state index in [1.807, 2.05) is 12.1 Å². The SMILES string of the molecule is O=C1CCC(N2Cc3ccc(CNC(=O)NC4CCON4)cc3C2=O)C(=O)N1. The van der Waals surface area contributed by atoms with Crippen molar-refractivity contribution in [2.75, 3.05) is 6.61 Å². The normalized spacial score (nSPS) is 24.1. The van der Waals surface area contributed by atoms with E-state index in [9.17, 15) is 19.2 Å². The second-order valence-corrected chi connectivity index (χ2v) is 7.03. The third kappa shape index (κ3) is 3.69. The smallest absolute Gasteiger partial charge is 0.316 e. The van der Waals surface area contributed by atoms with Gasteiger partial charge in [0.1, 0.15) is 12.2 Å². The number of nitrogens with one attached hydrogen (secondary N) is 4. The quantitative estimate of drug-likeness (QED) is 0.516. The molecule has 2 fully saturated rings. The lowest BCUT2D eigenvalue weighted by atomic mass is 10.0. The van der Waals surface area contributed by atoms with E-state index < -0.39 is 11.9 Å². The summed E-state index contributed by atoms with van der Waals surface area (Å²) in [5.74, 6) is -0.972. The van der Waals surface area contributed by atoms with Crippen LogP contribution < -0.4 is 21.4 Å². The Morgan fingerprint density at radius 3 is 2.86 bits per heavy atom. The first kappa shape index (κ1) is 18.4. The molecule has 3 aliphatic rings. The summed E-state index contributed by atoms with van der Waals surface area (Å²) in [7, 11) is 0. The summed E-state index contributed by atoms with van der Waals surface area (Å²) >= 11 is 0. The van der Waals surface area contributed by atoms with Crippen LogP contribution in [0.4, 0.5) is 4.79 Å². The monoisotopic (exact) mass is 387 g/mol. The van der Waals surface area contributed by atoms with Gasteiger partial charge in [-0.3, -0.25) is 24.5 Å². The van der Waals surface area contributed by atoms with Gasteiger partial charge < -0.3 is 15.5 Å². The van der Waals surface area contributed by atoms with Crippen LogP contribution in [0.5, 0.6) is 0 Å². The van der Waals surface area contributed by atoms with Crippen LogP contribution in [0.15, 0.2) is 18.2 Å². The van der Waals surface area contributed by atoms with Crippen LogP contribution in [0.1, 0.15) is 40.7 Å². The molecule has 0 saturated carbocycles. The van der Waals surface area contributed by atoms with E-state index in [0.717, 1.165) is 11.1 Å². The van der Waals surface area contributed by atoms with Gasteiger partial charge in [-0.1, -0.05) is 12.1 Å². The zero-order valence-electron chi connectivity index (χ0n) is 15.1. The Kier molecular flexibility index (Phi) is 4.97. The van der Waals surface area contributed by atoms with Crippen molar-refractivity contribution < 1.29 is 24.0 Å². The number of amides is 5. The predicted octanol–water partition coefficient (Wildman–Crippen LogP) is -0.502. The topological polar surface area (TPSA) is 129 Å². The summed E-state index contributed by atoms with van der Waals surface area (Å²) in [6.45, 7) is 1.14. The van der Waals surface area contributed by atoms with Gasteiger partial charge in [0.05, 0.1) is 6.61 Å². The molecule has 10 nitrogen and oxygen atoms in total. The number of hydroxylamine groups is 1. The van der Waals surface area contributed by atoms with Crippen LogP contribution in [-0.4, -0.2) is 47.5 Å². The number of carbonyl (C=O) groups is 4. The summed E-state index contributed by atoms with van der Waals surface area (Å²) in [6.07, 6.45) is 1.03. The fourth-order valence-electron chi connectivity index (χ4n) is 3.60. The van der Waals surface area contributed by atoms with Crippen molar-refractivity contribution in [1.82, 2.24) is 26.3 Å². The van der Waals surface area contributed by atoms with Gasteiger partial charge in [0, 0.05) is 31.5 Å². The standard InChI is InChI=1S/C18H21N5O5/c24-15-4-3-13(16(25)21-15)23-9-11-2-1-10(7-12(11)17(23)26)8-19-18(27)20-14-5-6-28-22-14/h1-2,7,13-14,22H,3-6,8-9H2,(H2,19,20,27)(H,21,24,25). The van der Waals surface area contributed by atoms with Crippen LogP contribution >= 0.6 is 0 Å². The van der Waals surface area contributed by atoms with Crippen molar-refractivity contribution in [3.63, 3.8) is 0 Å². The van der Waals surface area contributed by atoms with Crippen molar-refractivity contribution in [3.05, 3.63) is 34.9 Å². The lowest BCUT2D eigenvalue weighted by Crippen LogP contribution is -2.52. The number of piperidine rings is 1. The molecule has 5 amide bonds. The molecule has 10 heteroatoms. The number of nitrogens with zero attached hydrogens (tertiary/aromatic N) is 1. The largest absolute Gasteiger partial charge is 0.334 e. The lowest BCUT2D eigenvalue weighted by Gasteiger charge is -2.29. The second-order valence-electron chi connectivity index (χ2n) is 7.03. The highest BCUT2D eigenvalue weighted by atomic mass is 16.7. The highest BCUT2D eigenvalue weighted by Crippen LogP contribution is 2.28. The third-order valence-electron chi connectivity index (χ3n) is 5.09. The van der Waals surface area contributed by atoms with Crippen LogP contribution in [0.2, 0.25) is 0 Å². The van der Waals surface area contributed by atoms with Gasteiger partial charge >= 0.3 is 6.03 Å². The van der Waals surface area contributed by atoms with E-state index in [2.05, 4.69) is 21.4 Å². The molecular formula is C18H21N5O5. The zero-order chi connectivity index (χ0) is 19.7. The molecule has 3 heterocycles. The summed E-state index contributed by atoms with van der Waals surface area (Å²) < 4.78 is 0. The van der Waals surface area contributed by atoms with Gasteiger partial charge in [-0.05, 0) is 23.6 Å². The highest BCUT2D eigenvalue weighted by Gasteiger charge is 2.39. The molecule has 0 radical (unpaired) electrons. The number of rotatable bonds is 4. The van der Waals surface area contributed by atoms with E-state index in [1.54, 1.807) is 6.07 Å². The van der Waals surface area contributed by atoms with Crippen LogP contribution in [-0.2, 0) is 27.5 Å². The van der Waals surface area contributed by atoms with E-state index >= 15 is 0 Å². The number of hydrogen-bond donors (Lipinski definition) is 4. The first-order valence-electron chi connectivity index (χ1n) is 9.19. The number of fused-ring (bicyclic) bond motifs is 1. The van der Waals surface area contributed by atoms with Crippen molar-refractivity contribution in [2.24, 2.45) is 0 Å². The first-order valence-corrected chi connectivity index (χ1v) is 9.19. The van der Waals surface area contributed by atoms with Gasteiger partial charge in [-0.25, -0.2) is 4.79 Å². The van der Waals surface area contributed by atoms with Crippen molar-refractivity contribution in [1.29, 1.82) is 0 Å². The van der Waals surface area contributed by atoms with E-state index in [-0.39, 0.29) is 37.0 Å². The van der Waals surface area contributed by atoms with Crippen LogP contribution in [0, 0.1) is 0 Å². The fourth-order valence-corrected chi connectivity index (χ4v) is 3.60. The molecule has 1 aromatic rings. The van der Waals surface area contributed by atoms with E-state index in [4.69, 9.17) is 4.84 Å². The lowest BCUT2D eigenvalue weighted by molar-refractivity contribution is -0.136. The van der Waals surface area contributed by atoms with Crippen molar-refractivity contribution >= 4 is 23.8 Å². The minimum atomic E-state index is -0.633. The Morgan fingerprint density at radius 2 is 2.11 bits per heavy atom. The maximum atomic E-state index is 12.8. The average Bonchev–Trinajstić information content (AvgIpc) is 3.28. The minimum Gasteiger partial charge on any atom is -0.334 e. The highest BCUT2D eigenvalue weighted by molar-refractivity contribution is 6.05. The van der Waals surface area contributed by atoms with Crippen molar-refractivity contribution in [3.8, 4) is 0 Å². The molecule has 4 rings (SSSR count). The van der Waals surface area contributed by atoms with Crippen LogP contribution in [0.3, 0.4) is 0 Å². The molecule has 2 unspecified atom stereocenters. The number of imide groups is 1. The molecule has 0 aliphatic carbocycles. The predicted molar refractivity (Wildman–Crippen MR) is 95.4 cm³/mol. The summed E-state index contributed by atoms with van der Waals surface area (Å²) in [5, 5.41) is 7.77. The Labute approximate surface area is 160 Å². The summed E-state index contributed by atoms with van der Waals surface area (Å²) in [4.78, 5) is 54.6. The molecule has 4 N–H and O–H groups in total. The Hall–Kier alpha value is -2.98. The molecule has 2 saturated heterocycles. The molecule has 0 aromatic heterocycles. The molecule has 2 atom stereocenters. The Morgan fingerprint density at radius 1 is 1.25 bits per heavy atom. The van der Waals surface area contributed by atoms with E-state index in [0.29, 0.717) is 31.6 Å². The van der Waals surface area contributed by atoms with Gasteiger partial charge in [0.2, 0.25) is 11.8 Å². The summed E-state index contributed by atoms with van der Waals surface area (Å²) in [5.41, 5.74) is 4.82.